The molecule has 308 valence electrons. The highest BCUT2D eigenvalue weighted by Gasteiger charge is 2.28. The molecule has 0 unspecified atom stereocenters. The minimum atomic E-state index is -4.64. The number of hydrogen-bond donors (Lipinski definition) is 4. The highest BCUT2D eigenvalue weighted by molar-refractivity contribution is 7.59. The zero-order chi connectivity index (χ0) is 35.8. The summed E-state index contributed by atoms with van der Waals surface area (Å²) in [6.07, 6.45) is 5.37. The second-order valence-electron chi connectivity index (χ2n) is 13.2. The molecule has 1 amide bonds. The van der Waals surface area contributed by atoms with Crippen LogP contribution in [-0.2, 0) is 22.4 Å². The molecule has 20 heteroatoms. The van der Waals surface area contributed by atoms with E-state index in [0.717, 1.165) is 85.7 Å². The van der Waals surface area contributed by atoms with Gasteiger partial charge in [-0.2, -0.15) is 86.4 Å². The number of nitrogens with two attached hydrogens (primary N) is 1. The fourth-order valence-corrected chi connectivity index (χ4v) is 5.78. The Morgan fingerprint density at radius 2 is 1.26 bits per heavy atom. The summed E-state index contributed by atoms with van der Waals surface area (Å²) in [5.41, 5.74) is 9.36. The van der Waals surface area contributed by atoms with E-state index in [1.807, 2.05) is 41.9 Å². The van der Waals surface area contributed by atoms with Gasteiger partial charge in [0.05, 0.1) is 12.4 Å². The Kier molecular flexibility index (Phi) is 23.3. The number of aryl methyl sites for hydroxylation is 2. The van der Waals surface area contributed by atoms with Crippen molar-refractivity contribution in [2.75, 3.05) is 10.6 Å². The van der Waals surface area contributed by atoms with Crippen molar-refractivity contribution in [2.45, 2.75) is 129 Å². The smallest absolute Gasteiger partial charge is 0.444 e. The molecule has 2 aliphatic carbocycles. The van der Waals surface area contributed by atoms with Gasteiger partial charge in [0, 0.05) is 59.8 Å². The van der Waals surface area contributed by atoms with E-state index in [4.69, 9.17) is 15.3 Å². The van der Waals surface area contributed by atoms with Crippen LogP contribution in [0.3, 0.4) is 0 Å². The summed E-state index contributed by atoms with van der Waals surface area (Å²) in [6, 6.07) is 9.20. The van der Waals surface area contributed by atoms with Gasteiger partial charge in [0.1, 0.15) is 17.2 Å². The van der Waals surface area contributed by atoms with E-state index in [2.05, 4.69) is 62.1 Å². The number of aromatic nitrogens is 6. The van der Waals surface area contributed by atoms with E-state index in [1.54, 1.807) is 12.4 Å². The van der Waals surface area contributed by atoms with Crippen LogP contribution in [0, 0.1) is 0 Å². The normalized spacial score (nSPS) is 18.7. The molecule has 0 spiro atoms. The van der Waals surface area contributed by atoms with Crippen molar-refractivity contribution in [3.8, 4) is 0 Å². The highest BCUT2D eigenvalue weighted by Crippen LogP contribution is 2.25. The van der Waals surface area contributed by atoms with Gasteiger partial charge >= 0.3 is 12.3 Å². The van der Waals surface area contributed by atoms with Crippen LogP contribution in [0.15, 0.2) is 36.7 Å². The third-order valence-corrected chi connectivity index (χ3v) is 8.01. The molecule has 4 aromatic heterocycles. The first-order valence-electron chi connectivity index (χ1n) is 16.6. The predicted molar refractivity (Wildman–Crippen MR) is 229 cm³/mol. The van der Waals surface area contributed by atoms with E-state index in [-0.39, 0.29) is 73.5 Å². The van der Waals surface area contributed by atoms with Gasteiger partial charge in [0.25, 0.3) is 0 Å². The fraction of sp³-hybridized carbons (Fsp3) is 0.588. The number of rotatable bonds is 7. The maximum Gasteiger partial charge on any atom is 0.446 e. The van der Waals surface area contributed by atoms with Gasteiger partial charge in [-0.1, -0.05) is 21.3 Å². The van der Waals surface area contributed by atoms with E-state index < -0.39 is 18.1 Å². The zero-order valence-corrected chi connectivity index (χ0v) is 34.6. The molecule has 2 fully saturated rings. The Hall–Kier alpha value is -3.07. The number of amides is 1. The number of nitrogens with zero attached hydrogens (tertiary/aromatic N) is 6. The Labute approximate surface area is 343 Å². The van der Waals surface area contributed by atoms with Crippen LogP contribution in [0.2, 0.25) is 0 Å². The van der Waals surface area contributed by atoms with Crippen molar-refractivity contribution in [2.24, 2.45) is 5.73 Å². The fourth-order valence-electron chi connectivity index (χ4n) is 5.78. The number of alkyl carbamates (subject to hydrolysis) is 1. The van der Waals surface area contributed by atoms with Gasteiger partial charge in [0.15, 0.2) is 11.3 Å². The predicted octanol–water partition coefficient (Wildman–Crippen LogP) is 6.57. The minimum absolute atomic E-state index is 0. The van der Waals surface area contributed by atoms with E-state index in [0.29, 0.717) is 18.1 Å². The second-order valence-corrected chi connectivity index (χ2v) is 13.2. The topological polar surface area (TPSA) is 166 Å². The van der Waals surface area contributed by atoms with Crippen molar-refractivity contribution < 1.29 is 27.5 Å². The first-order chi connectivity index (χ1) is 23.2. The van der Waals surface area contributed by atoms with Crippen LogP contribution in [0.25, 0.3) is 11.3 Å². The van der Waals surface area contributed by atoms with Crippen LogP contribution in [-0.4, -0.2) is 77.5 Å². The average Bonchev–Trinajstić information content (AvgIpc) is 3.85. The van der Waals surface area contributed by atoms with E-state index in [1.165, 1.54) is 0 Å². The summed E-state index contributed by atoms with van der Waals surface area (Å²) < 4.78 is 40.3. The molecule has 0 bridgehead atoms. The molecule has 2 aliphatic rings. The first-order valence-corrected chi connectivity index (χ1v) is 16.6. The molecular weight excluding hydrogens is 782 g/mol. The monoisotopic (exact) mass is 840 g/mol. The van der Waals surface area contributed by atoms with Crippen LogP contribution in [0.4, 0.5) is 29.6 Å². The number of nitrogens with one attached hydrogen (secondary N) is 3. The molecule has 0 radical (unpaired) electrons. The molecule has 54 heavy (non-hydrogen) atoms. The molecule has 4 heterocycles. The molecule has 5 N–H and O–H groups in total. The number of alkyl halides is 3. The van der Waals surface area contributed by atoms with Crippen LogP contribution < -0.4 is 21.7 Å². The maximum atomic E-state index is 11.9. The molecule has 6 rings (SSSR count). The van der Waals surface area contributed by atoms with Gasteiger partial charge in [-0.25, -0.2) is 14.8 Å². The second kappa shape index (κ2) is 23.8. The van der Waals surface area contributed by atoms with Crippen LogP contribution in [0.5, 0.6) is 0 Å². The van der Waals surface area contributed by atoms with Gasteiger partial charge in [-0.15, -0.1) is 0 Å². The number of fused-ring (bicyclic) bond motifs is 2. The number of hydrogen-bond acceptors (Lipinski definition) is 10. The molecule has 2 saturated carbocycles. The number of anilines is 2. The minimum Gasteiger partial charge on any atom is -0.444 e. The Balaban J connectivity index is 0. The number of carbonyl (C=O) groups is 2. The zero-order valence-electron chi connectivity index (χ0n) is 30.6. The largest absolute Gasteiger partial charge is 0.446 e. The summed E-state index contributed by atoms with van der Waals surface area (Å²) in [5, 5.41) is 18.8. The molecule has 13 nitrogen and oxygen atoms in total. The van der Waals surface area contributed by atoms with Gasteiger partial charge in [-0.3, -0.25) is 4.79 Å². The van der Waals surface area contributed by atoms with E-state index >= 15 is 0 Å². The van der Waals surface area contributed by atoms with Crippen molar-refractivity contribution >= 4 is 89.3 Å². The van der Waals surface area contributed by atoms with Crippen molar-refractivity contribution in [3.63, 3.8) is 0 Å². The van der Waals surface area contributed by atoms with Crippen molar-refractivity contribution in [3.05, 3.63) is 48.0 Å². The number of aldehydes is 1. The Morgan fingerprint density at radius 1 is 0.833 bits per heavy atom. The summed E-state index contributed by atoms with van der Waals surface area (Å²) in [6.45, 7) is 9.82. The number of carbonyl (C=O) groups excluding carboxylic acids is 2. The molecule has 0 aliphatic heterocycles. The summed E-state index contributed by atoms with van der Waals surface area (Å²) in [7, 11) is 0. The lowest BCUT2D eigenvalue weighted by Crippen LogP contribution is -2.38. The molecule has 0 saturated heterocycles. The lowest BCUT2D eigenvalue weighted by molar-refractivity contribution is -0.156. The SMILES string of the molecule is C.CCc1cc(N[C@H]2CC[C@H](N)C2)n2nccc2n1.CCc1cc(N[C@H]2CC[C@H](NC(=O)OC(C)(C)C)C2)n2nccc2n1.O=CC(F)(F)F.S.S.S.S. The molecule has 4 atom stereocenters. The van der Waals surface area contributed by atoms with Crippen LogP contribution >= 0.6 is 54.0 Å². The van der Waals surface area contributed by atoms with E-state index in [9.17, 15) is 18.0 Å². The number of halogens is 3. The molecule has 0 aromatic carbocycles. The first kappa shape index (κ1) is 53.0. The lowest BCUT2D eigenvalue weighted by atomic mass is 10.2. The summed E-state index contributed by atoms with van der Waals surface area (Å²) >= 11 is 0. The summed E-state index contributed by atoms with van der Waals surface area (Å²) in [4.78, 5) is 29.7. The molecular formula is C34H59F3N10O3S4. The third-order valence-electron chi connectivity index (χ3n) is 8.01. The highest BCUT2D eigenvalue weighted by atomic mass is 32.1. The van der Waals surface area contributed by atoms with Crippen molar-refractivity contribution in [1.82, 2.24) is 34.5 Å². The van der Waals surface area contributed by atoms with Crippen molar-refractivity contribution in [1.29, 1.82) is 0 Å². The van der Waals surface area contributed by atoms with Gasteiger partial charge in [-0.05, 0) is 72.1 Å². The maximum absolute atomic E-state index is 11.9. The third kappa shape index (κ3) is 16.3. The average molecular weight is 841 g/mol. The Morgan fingerprint density at radius 3 is 1.65 bits per heavy atom. The Bertz CT molecular complexity index is 1710. The van der Waals surface area contributed by atoms with Gasteiger partial charge < -0.3 is 26.4 Å². The van der Waals surface area contributed by atoms with Gasteiger partial charge in [0.2, 0.25) is 6.29 Å². The summed E-state index contributed by atoms with van der Waals surface area (Å²) in [5.74, 6) is 1.98. The standard InChI is InChI=1S/C18H27N5O2.C13H19N5.C2HF3O.CH4.4H2S/c1-5-12-11-16(23-15(20-12)8-9-19-23)21-13-6-7-14(10-13)22-17(24)25-18(2,3)4;1-2-10-8-13(17-11-4-3-9(14)7-11)18-12(16-10)5-6-15-18;3-2(4,5)1-6;;;;;/h8-9,11,13-14,21H,5-7,10H2,1-4H3,(H,22,24);5-6,8-9,11,17H,2-4,7,14H2,1H3;1H;1H4;4*1H2/t13-,14-;9-,11-;;;;;;/m00....../s1. The lowest BCUT2D eigenvalue weighted by Gasteiger charge is -2.22. The van der Waals surface area contributed by atoms with Crippen LogP contribution in [0.1, 0.15) is 92.0 Å². The number of ether oxygens (including phenoxy) is 1. The quantitative estimate of drug-likeness (QED) is 0.150. The molecule has 4 aromatic rings.